The number of halogens is 1. The van der Waals surface area contributed by atoms with Gasteiger partial charge < -0.3 is 5.32 Å². The van der Waals surface area contributed by atoms with Crippen molar-refractivity contribution < 1.29 is 9.18 Å². The lowest BCUT2D eigenvalue weighted by molar-refractivity contribution is 0.102. The minimum atomic E-state index is -0.519. The molecule has 154 valence electrons. The molecular weight excluding hydrogens is 411 g/mol. The summed E-state index contributed by atoms with van der Waals surface area (Å²) in [6.07, 6.45) is 7.95. The number of nitrogens with zero attached hydrogens (tertiary/aromatic N) is 3. The Bertz CT molecular complexity index is 1230. The summed E-state index contributed by atoms with van der Waals surface area (Å²) in [4.78, 5) is 24.9. The van der Waals surface area contributed by atoms with E-state index in [4.69, 9.17) is 0 Å². The van der Waals surface area contributed by atoms with E-state index >= 15 is 0 Å². The van der Waals surface area contributed by atoms with Gasteiger partial charge in [-0.15, -0.1) is 11.3 Å². The molecule has 4 rings (SSSR count). The van der Waals surface area contributed by atoms with Crippen LogP contribution in [0.15, 0.2) is 72.6 Å². The van der Waals surface area contributed by atoms with Crippen LogP contribution in [-0.4, -0.2) is 20.9 Å². The van der Waals surface area contributed by atoms with Gasteiger partial charge in [-0.2, -0.15) is 0 Å². The first kappa shape index (κ1) is 20.6. The Hall–Kier alpha value is -3.71. The zero-order chi connectivity index (χ0) is 21.8. The van der Waals surface area contributed by atoms with Crippen LogP contribution in [0.4, 0.5) is 10.2 Å². The third-order valence-electron chi connectivity index (χ3n) is 4.88. The molecule has 0 aliphatic heterocycles. The predicted molar refractivity (Wildman–Crippen MR) is 121 cm³/mol. The summed E-state index contributed by atoms with van der Waals surface area (Å²) in [6, 6.07) is 11.8. The Kier molecular flexibility index (Phi) is 5.95. The SMILES string of the molecule is C/C=C(/c1ccc(-c2nccs2)cc1)c1ccc(NC(=O)c2cncc(F)c2C)nc1. The molecule has 1 amide bonds. The van der Waals surface area contributed by atoms with Crippen LogP contribution in [0.5, 0.6) is 0 Å². The number of carbonyl (C=O) groups is 1. The van der Waals surface area contributed by atoms with Gasteiger partial charge in [-0.3, -0.25) is 9.78 Å². The van der Waals surface area contributed by atoms with Crippen LogP contribution in [0.2, 0.25) is 0 Å². The first-order valence-electron chi connectivity index (χ1n) is 9.61. The number of rotatable bonds is 5. The summed E-state index contributed by atoms with van der Waals surface area (Å²) in [6.45, 7) is 3.51. The van der Waals surface area contributed by atoms with Gasteiger partial charge in [0.25, 0.3) is 5.91 Å². The number of thiazole rings is 1. The van der Waals surface area contributed by atoms with Gasteiger partial charge in [0.05, 0.1) is 11.8 Å². The van der Waals surface area contributed by atoms with Crippen LogP contribution in [-0.2, 0) is 0 Å². The number of anilines is 1. The third kappa shape index (κ3) is 4.41. The fourth-order valence-corrected chi connectivity index (χ4v) is 3.84. The van der Waals surface area contributed by atoms with E-state index in [0.717, 1.165) is 33.5 Å². The van der Waals surface area contributed by atoms with Gasteiger partial charge in [0.15, 0.2) is 0 Å². The summed E-state index contributed by atoms with van der Waals surface area (Å²) in [5.74, 6) is -0.588. The number of allylic oxidation sites excluding steroid dienone is 1. The lowest BCUT2D eigenvalue weighted by atomic mass is 9.98. The van der Waals surface area contributed by atoms with Gasteiger partial charge in [-0.05, 0) is 37.1 Å². The number of nitrogens with one attached hydrogen (secondary N) is 1. The number of carbonyl (C=O) groups excluding carboxylic acids is 1. The van der Waals surface area contributed by atoms with Crippen molar-refractivity contribution in [3.8, 4) is 10.6 Å². The third-order valence-corrected chi connectivity index (χ3v) is 5.70. The van der Waals surface area contributed by atoms with Gasteiger partial charge in [-0.1, -0.05) is 30.3 Å². The zero-order valence-electron chi connectivity index (χ0n) is 17.0. The maximum Gasteiger partial charge on any atom is 0.258 e. The van der Waals surface area contributed by atoms with Crippen molar-refractivity contribution in [3.63, 3.8) is 0 Å². The van der Waals surface area contributed by atoms with Crippen LogP contribution in [0, 0.1) is 12.7 Å². The van der Waals surface area contributed by atoms with Crippen molar-refractivity contribution in [1.82, 2.24) is 15.0 Å². The van der Waals surface area contributed by atoms with Gasteiger partial charge in [0.1, 0.15) is 16.6 Å². The summed E-state index contributed by atoms with van der Waals surface area (Å²) < 4.78 is 13.7. The van der Waals surface area contributed by atoms with E-state index in [2.05, 4.69) is 44.5 Å². The number of aromatic nitrogens is 3. The average molecular weight is 431 g/mol. The molecule has 0 aliphatic rings. The smallest absolute Gasteiger partial charge is 0.258 e. The standard InChI is InChI=1S/C24H19FN4OS/c1-3-19(16-4-6-17(7-5-16)24-27-10-11-31-24)18-8-9-22(28-12-18)29-23(30)20-13-26-14-21(25)15(20)2/h3-14H,1-2H3,(H,28,29,30)/b19-3-. The highest BCUT2D eigenvalue weighted by Gasteiger charge is 2.14. The summed E-state index contributed by atoms with van der Waals surface area (Å²) in [7, 11) is 0. The molecule has 5 nitrogen and oxygen atoms in total. The van der Waals surface area contributed by atoms with Gasteiger partial charge in [0.2, 0.25) is 0 Å². The molecule has 0 saturated heterocycles. The molecule has 0 fully saturated rings. The summed E-state index contributed by atoms with van der Waals surface area (Å²) in [5, 5.41) is 5.63. The second-order valence-corrected chi connectivity index (χ2v) is 7.69. The summed E-state index contributed by atoms with van der Waals surface area (Å²) >= 11 is 1.60. The van der Waals surface area contributed by atoms with E-state index in [-0.39, 0.29) is 11.1 Å². The second kappa shape index (κ2) is 8.97. The molecule has 0 atom stereocenters. The topological polar surface area (TPSA) is 67.8 Å². The zero-order valence-corrected chi connectivity index (χ0v) is 17.8. The monoisotopic (exact) mass is 430 g/mol. The van der Waals surface area contributed by atoms with Crippen molar-refractivity contribution in [2.24, 2.45) is 0 Å². The minimum absolute atomic E-state index is 0.181. The highest BCUT2D eigenvalue weighted by molar-refractivity contribution is 7.13. The van der Waals surface area contributed by atoms with E-state index in [9.17, 15) is 9.18 Å². The minimum Gasteiger partial charge on any atom is -0.307 e. The summed E-state index contributed by atoms with van der Waals surface area (Å²) in [5.41, 5.74) is 4.52. The molecule has 7 heteroatoms. The molecular formula is C24H19FN4OS. The van der Waals surface area contributed by atoms with Crippen molar-refractivity contribution in [2.45, 2.75) is 13.8 Å². The fourth-order valence-electron chi connectivity index (χ4n) is 3.20. The van der Waals surface area contributed by atoms with Crippen molar-refractivity contribution >= 4 is 28.6 Å². The maximum absolute atomic E-state index is 13.7. The fraction of sp³-hybridized carbons (Fsp3) is 0.0833. The van der Waals surface area contributed by atoms with Gasteiger partial charge in [-0.25, -0.2) is 14.4 Å². The molecule has 3 heterocycles. The number of amides is 1. The molecule has 0 radical (unpaired) electrons. The van der Waals surface area contributed by atoms with E-state index in [0.29, 0.717) is 5.82 Å². The number of hydrogen-bond donors (Lipinski definition) is 1. The Morgan fingerprint density at radius 2 is 1.81 bits per heavy atom. The van der Waals surface area contributed by atoms with Crippen LogP contribution < -0.4 is 5.32 Å². The number of pyridine rings is 2. The van der Waals surface area contributed by atoms with Crippen molar-refractivity contribution in [1.29, 1.82) is 0 Å². The molecule has 0 unspecified atom stereocenters. The predicted octanol–water partition coefficient (Wildman–Crippen LogP) is 5.75. The quantitative estimate of drug-likeness (QED) is 0.438. The maximum atomic E-state index is 13.7. The molecule has 0 bridgehead atoms. The number of hydrogen-bond acceptors (Lipinski definition) is 5. The molecule has 0 spiro atoms. The van der Waals surface area contributed by atoms with Crippen LogP contribution in [0.1, 0.15) is 34.0 Å². The lowest BCUT2D eigenvalue weighted by Gasteiger charge is -2.10. The van der Waals surface area contributed by atoms with Crippen LogP contribution >= 0.6 is 11.3 Å². The van der Waals surface area contributed by atoms with E-state index in [1.165, 1.54) is 6.20 Å². The van der Waals surface area contributed by atoms with E-state index in [1.807, 2.05) is 24.4 Å². The first-order valence-corrected chi connectivity index (χ1v) is 10.5. The molecule has 4 aromatic rings. The van der Waals surface area contributed by atoms with Crippen LogP contribution in [0.3, 0.4) is 0 Å². The van der Waals surface area contributed by atoms with Crippen molar-refractivity contribution in [3.05, 3.63) is 101 Å². The molecule has 0 saturated carbocycles. The Morgan fingerprint density at radius 1 is 1.03 bits per heavy atom. The molecule has 0 aliphatic carbocycles. The normalized spacial score (nSPS) is 11.4. The van der Waals surface area contributed by atoms with E-state index in [1.54, 1.807) is 36.7 Å². The highest BCUT2D eigenvalue weighted by Crippen LogP contribution is 2.27. The lowest BCUT2D eigenvalue weighted by Crippen LogP contribution is -2.15. The first-order chi connectivity index (χ1) is 15.1. The second-order valence-electron chi connectivity index (χ2n) is 6.80. The highest BCUT2D eigenvalue weighted by atomic mass is 32.1. The van der Waals surface area contributed by atoms with Gasteiger partial charge >= 0.3 is 0 Å². The Morgan fingerprint density at radius 3 is 2.45 bits per heavy atom. The average Bonchev–Trinajstić information content (AvgIpc) is 3.33. The molecule has 1 N–H and O–H groups in total. The number of benzene rings is 1. The molecule has 3 aromatic heterocycles. The van der Waals surface area contributed by atoms with Crippen LogP contribution in [0.25, 0.3) is 16.1 Å². The molecule has 1 aromatic carbocycles. The largest absolute Gasteiger partial charge is 0.307 e. The van der Waals surface area contributed by atoms with E-state index < -0.39 is 11.7 Å². The van der Waals surface area contributed by atoms with Crippen molar-refractivity contribution in [2.75, 3.05) is 5.32 Å². The molecule has 31 heavy (non-hydrogen) atoms. The Balaban J connectivity index is 1.51. The van der Waals surface area contributed by atoms with Gasteiger partial charge in [0, 0.05) is 40.7 Å². The Labute approximate surface area is 183 Å².